The van der Waals surface area contributed by atoms with Crippen molar-refractivity contribution in [3.05, 3.63) is 58.4 Å². The Balaban J connectivity index is 1.95. The molecular weight excluding hydrogens is 329 g/mol. The highest BCUT2D eigenvalue weighted by atomic mass is 35.5. The van der Waals surface area contributed by atoms with Gasteiger partial charge in [0.05, 0.1) is 18.2 Å². The van der Waals surface area contributed by atoms with Crippen molar-refractivity contribution in [2.75, 3.05) is 12.4 Å². The molecule has 1 fully saturated rings. The summed E-state index contributed by atoms with van der Waals surface area (Å²) in [5, 5.41) is 3.48. The van der Waals surface area contributed by atoms with E-state index in [1.165, 1.54) is 13.2 Å². The number of halogens is 2. The molecule has 24 heavy (non-hydrogen) atoms. The maximum atomic E-state index is 14.2. The highest BCUT2D eigenvalue weighted by molar-refractivity contribution is 6.31. The number of hydrogen-bond acceptors (Lipinski definition) is 2. The second-order valence-corrected chi connectivity index (χ2v) is 6.58. The first-order valence-electron chi connectivity index (χ1n) is 7.88. The number of benzene rings is 2. The fourth-order valence-electron chi connectivity index (χ4n) is 3.17. The zero-order chi connectivity index (χ0) is 17.3. The Bertz CT molecular complexity index is 787. The summed E-state index contributed by atoms with van der Waals surface area (Å²) in [6.45, 7) is 1.85. The molecule has 0 radical (unpaired) electrons. The minimum absolute atomic E-state index is 0.209. The Hall–Kier alpha value is -2.07. The zero-order valence-electron chi connectivity index (χ0n) is 13.7. The number of hydrogen-bond donors (Lipinski definition) is 1. The van der Waals surface area contributed by atoms with E-state index >= 15 is 0 Å². The highest BCUT2D eigenvalue weighted by Crippen LogP contribution is 2.46. The molecule has 3 rings (SSSR count). The van der Waals surface area contributed by atoms with Crippen LogP contribution in [0.2, 0.25) is 5.02 Å². The van der Waals surface area contributed by atoms with Crippen LogP contribution < -0.4 is 10.1 Å². The van der Waals surface area contributed by atoms with Gasteiger partial charge in [0.2, 0.25) is 5.91 Å². The lowest BCUT2D eigenvalue weighted by atomic mass is 9.63. The van der Waals surface area contributed by atoms with Gasteiger partial charge in [-0.2, -0.15) is 0 Å². The molecule has 3 nitrogen and oxygen atoms in total. The largest absolute Gasteiger partial charge is 0.495 e. The molecule has 0 bridgehead atoms. The van der Waals surface area contributed by atoms with Gasteiger partial charge in [0.25, 0.3) is 0 Å². The normalized spacial score (nSPS) is 15.5. The van der Waals surface area contributed by atoms with Crippen molar-refractivity contribution in [3.63, 3.8) is 0 Å². The standard InChI is InChI=1S/C19H19ClFNO2/c1-12-10-16(17(24-2)11-14(12)20)22-18(23)19(8-5-9-19)13-6-3-4-7-15(13)21/h3-4,6-7,10-11H,5,8-9H2,1-2H3,(H,22,23). The third-order valence-electron chi connectivity index (χ3n) is 4.76. The van der Waals surface area contributed by atoms with E-state index in [4.69, 9.17) is 16.3 Å². The topological polar surface area (TPSA) is 38.3 Å². The first-order valence-corrected chi connectivity index (χ1v) is 8.26. The van der Waals surface area contributed by atoms with Gasteiger partial charge < -0.3 is 10.1 Å². The molecule has 126 valence electrons. The number of rotatable bonds is 4. The van der Waals surface area contributed by atoms with E-state index in [0.29, 0.717) is 34.9 Å². The summed E-state index contributed by atoms with van der Waals surface area (Å²) in [7, 11) is 1.52. The van der Waals surface area contributed by atoms with Crippen LogP contribution in [-0.4, -0.2) is 13.0 Å². The van der Waals surface area contributed by atoms with Crippen molar-refractivity contribution < 1.29 is 13.9 Å². The van der Waals surface area contributed by atoms with Gasteiger partial charge in [0.15, 0.2) is 0 Å². The average molecular weight is 348 g/mol. The Kier molecular flexibility index (Phi) is 4.50. The predicted molar refractivity (Wildman–Crippen MR) is 93.3 cm³/mol. The molecule has 0 spiro atoms. The van der Waals surface area contributed by atoms with Crippen LogP contribution in [0.5, 0.6) is 5.75 Å². The lowest BCUT2D eigenvalue weighted by molar-refractivity contribution is -0.124. The lowest BCUT2D eigenvalue weighted by Crippen LogP contribution is -2.46. The van der Waals surface area contributed by atoms with Crippen LogP contribution in [0.15, 0.2) is 36.4 Å². The molecule has 1 N–H and O–H groups in total. The van der Waals surface area contributed by atoms with Crippen LogP contribution in [-0.2, 0) is 10.2 Å². The average Bonchev–Trinajstić information content (AvgIpc) is 2.51. The zero-order valence-corrected chi connectivity index (χ0v) is 14.4. The lowest BCUT2D eigenvalue weighted by Gasteiger charge is -2.40. The van der Waals surface area contributed by atoms with Crippen LogP contribution in [0.1, 0.15) is 30.4 Å². The number of nitrogens with one attached hydrogen (secondary N) is 1. The summed E-state index contributed by atoms with van der Waals surface area (Å²) >= 11 is 6.10. The minimum Gasteiger partial charge on any atom is -0.495 e. The number of carbonyl (C=O) groups excluding carboxylic acids is 1. The van der Waals surface area contributed by atoms with Crippen LogP contribution in [0.3, 0.4) is 0 Å². The quantitative estimate of drug-likeness (QED) is 0.858. The van der Waals surface area contributed by atoms with Gasteiger partial charge >= 0.3 is 0 Å². The molecule has 1 aliphatic rings. The number of ether oxygens (including phenoxy) is 1. The number of methoxy groups -OCH3 is 1. The molecule has 2 aromatic carbocycles. The molecule has 0 heterocycles. The van der Waals surface area contributed by atoms with Gasteiger partial charge in [-0.1, -0.05) is 36.2 Å². The third-order valence-corrected chi connectivity index (χ3v) is 5.17. The first kappa shape index (κ1) is 16.8. The van der Waals surface area contributed by atoms with E-state index in [1.807, 2.05) is 6.92 Å². The smallest absolute Gasteiger partial charge is 0.235 e. The Labute approximate surface area is 145 Å². The van der Waals surface area contributed by atoms with Crippen molar-refractivity contribution in [1.82, 2.24) is 0 Å². The fourth-order valence-corrected chi connectivity index (χ4v) is 3.32. The fraction of sp³-hybridized carbons (Fsp3) is 0.316. The van der Waals surface area contributed by atoms with Gasteiger partial charge in [-0.15, -0.1) is 0 Å². The number of anilines is 1. The van der Waals surface area contributed by atoms with Gasteiger partial charge in [0, 0.05) is 16.7 Å². The van der Waals surface area contributed by atoms with Gasteiger partial charge in [0.1, 0.15) is 11.6 Å². The summed E-state index contributed by atoms with van der Waals surface area (Å²) < 4.78 is 19.5. The molecule has 2 aromatic rings. The van der Waals surface area contributed by atoms with Crippen LogP contribution in [0, 0.1) is 12.7 Å². The van der Waals surface area contributed by atoms with E-state index < -0.39 is 5.41 Å². The van der Waals surface area contributed by atoms with Gasteiger partial charge in [-0.3, -0.25) is 4.79 Å². The molecule has 5 heteroatoms. The second kappa shape index (κ2) is 6.44. The number of amides is 1. The number of carbonyl (C=O) groups is 1. The summed E-state index contributed by atoms with van der Waals surface area (Å²) in [4.78, 5) is 13.0. The van der Waals surface area contributed by atoms with Crippen molar-refractivity contribution in [1.29, 1.82) is 0 Å². The van der Waals surface area contributed by atoms with Crippen LogP contribution in [0.4, 0.5) is 10.1 Å². The Morgan fingerprint density at radius 1 is 1.29 bits per heavy atom. The van der Waals surface area contributed by atoms with Gasteiger partial charge in [-0.05, 0) is 37.5 Å². The maximum Gasteiger partial charge on any atom is 0.235 e. The van der Waals surface area contributed by atoms with Crippen LogP contribution in [0.25, 0.3) is 0 Å². The molecular formula is C19H19ClFNO2. The minimum atomic E-state index is -0.816. The van der Waals surface area contributed by atoms with Crippen molar-refractivity contribution >= 4 is 23.2 Å². The van der Waals surface area contributed by atoms with Crippen LogP contribution >= 0.6 is 11.6 Å². The second-order valence-electron chi connectivity index (χ2n) is 6.17. The van der Waals surface area contributed by atoms with Gasteiger partial charge in [-0.25, -0.2) is 4.39 Å². The molecule has 0 aliphatic heterocycles. The summed E-state index contributed by atoms with van der Waals surface area (Å²) in [6.07, 6.45) is 2.17. The third kappa shape index (κ3) is 2.75. The van der Waals surface area contributed by atoms with E-state index in [2.05, 4.69) is 5.32 Å². The van der Waals surface area contributed by atoms with E-state index in [0.717, 1.165) is 12.0 Å². The first-order chi connectivity index (χ1) is 11.5. The van der Waals surface area contributed by atoms with Crippen molar-refractivity contribution in [2.24, 2.45) is 0 Å². The maximum absolute atomic E-state index is 14.2. The van der Waals surface area contributed by atoms with E-state index in [9.17, 15) is 9.18 Å². The molecule has 1 aliphatic carbocycles. The molecule has 0 saturated heterocycles. The van der Waals surface area contributed by atoms with E-state index in [-0.39, 0.29) is 11.7 Å². The SMILES string of the molecule is COc1cc(Cl)c(C)cc1NC(=O)C1(c2ccccc2F)CCC1. The van der Waals surface area contributed by atoms with Crippen molar-refractivity contribution in [2.45, 2.75) is 31.6 Å². The molecule has 1 saturated carbocycles. The summed E-state index contributed by atoms with van der Waals surface area (Å²) in [5.74, 6) is -0.0626. The van der Waals surface area contributed by atoms with E-state index in [1.54, 1.807) is 30.3 Å². The molecule has 1 amide bonds. The summed E-state index contributed by atoms with van der Waals surface area (Å²) in [5.41, 5.74) is 1.02. The molecule has 0 atom stereocenters. The Morgan fingerprint density at radius 3 is 2.58 bits per heavy atom. The Morgan fingerprint density at radius 2 is 2.00 bits per heavy atom. The highest BCUT2D eigenvalue weighted by Gasteiger charge is 2.47. The summed E-state index contributed by atoms with van der Waals surface area (Å²) in [6, 6.07) is 9.93. The monoisotopic (exact) mass is 347 g/mol. The molecule has 0 unspecified atom stereocenters. The number of aryl methyl sites for hydroxylation is 1. The predicted octanol–water partition coefficient (Wildman–Crippen LogP) is 4.86. The van der Waals surface area contributed by atoms with Crippen molar-refractivity contribution in [3.8, 4) is 5.75 Å². The molecule has 0 aromatic heterocycles.